The summed E-state index contributed by atoms with van der Waals surface area (Å²) in [6, 6.07) is 0.446. The van der Waals surface area contributed by atoms with Crippen LogP contribution in [0.3, 0.4) is 0 Å². The largest absolute Gasteiger partial charge is 0.466 e. The molecular weight excluding hydrogens is 254 g/mol. The van der Waals surface area contributed by atoms with Gasteiger partial charge in [-0.3, -0.25) is 9.69 Å². The molecule has 118 valence electrons. The van der Waals surface area contributed by atoms with Gasteiger partial charge in [0.15, 0.2) is 0 Å². The summed E-state index contributed by atoms with van der Waals surface area (Å²) in [4.78, 5) is 14.1. The van der Waals surface area contributed by atoms with Crippen LogP contribution in [-0.4, -0.2) is 47.3 Å². The van der Waals surface area contributed by atoms with Gasteiger partial charge in [0, 0.05) is 12.6 Å². The van der Waals surface area contributed by atoms with Crippen LogP contribution in [-0.2, 0) is 9.53 Å². The highest BCUT2D eigenvalue weighted by atomic mass is 16.5. The van der Waals surface area contributed by atoms with Gasteiger partial charge in [-0.1, -0.05) is 6.92 Å². The second-order valence-corrected chi connectivity index (χ2v) is 6.31. The number of hydrogen-bond donors (Lipinski definition) is 1. The van der Waals surface area contributed by atoms with Crippen molar-refractivity contribution in [1.29, 1.82) is 0 Å². The van der Waals surface area contributed by atoms with Gasteiger partial charge in [-0.25, -0.2) is 0 Å². The van der Waals surface area contributed by atoms with Crippen LogP contribution in [0.1, 0.15) is 59.8 Å². The van der Waals surface area contributed by atoms with Gasteiger partial charge in [0.25, 0.3) is 0 Å². The molecule has 4 heteroatoms. The van der Waals surface area contributed by atoms with Gasteiger partial charge in [0.05, 0.1) is 18.1 Å². The summed E-state index contributed by atoms with van der Waals surface area (Å²) < 4.78 is 5.08. The maximum atomic E-state index is 11.7. The van der Waals surface area contributed by atoms with Crippen LogP contribution >= 0.6 is 0 Å². The number of esters is 1. The Bertz CT molecular complexity index is 296. The van der Waals surface area contributed by atoms with E-state index in [0.29, 0.717) is 32.0 Å². The van der Waals surface area contributed by atoms with Crippen molar-refractivity contribution in [3.05, 3.63) is 0 Å². The van der Waals surface area contributed by atoms with Crippen molar-refractivity contribution < 1.29 is 14.6 Å². The van der Waals surface area contributed by atoms with E-state index in [9.17, 15) is 9.90 Å². The van der Waals surface area contributed by atoms with Gasteiger partial charge in [-0.05, 0) is 59.4 Å². The summed E-state index contributed by atoms with van der Waals surface area (Å²) in [7, 11) is 0. The monoisotopic (exact) mass is 285 g/mol. The molecule has 0 heterocycles. The van der Waals surface area contributed by atoms with Crippen LogP contribution in [0.5, 0.6) is 0 Å². The van der Waals surface area contributed by atoms with E-state index in [-0.39, 0.29) is 11.9 Å². The minimum atomic E-state index is -0.636. The third-order valence-corrected chi connectivity index (χ3v) is 4.27. The van der Waals surface area contributed by atoms with Crippen LogP contribution in [0, 0.1) is 5.92 Å². The highest BCUT2D eigenvalue weighted by Crippen LogP contribution is 2.33. The van der Waals surface area contributed by atoms with Crippen LogP contribution < -0.4 is 0 Å². The smallest absolute Gasteiger partial charge is 0.308 e. The molecule has 0 radical (unpaired) electrons. The quantitative estimate of drug-likeness (QED) is 0.731. The molecule has 0 aromatic carbocycles. The fraction of sp³-hybridized carbons (Fsp3) is 0.938. The highest BCUT2D eigenvalue weighted by molar-refractivity contribution is 5.72. The lowest BCUT2D eigenvalue weighted by molar-refractivity contribution is -0.151. The fourth-order valence-electron chi connectivity index (χ4n) is 2.99. The van der Waals surface area contributed by atoms with Gasteiger partial charge in [0.2, 0.25) is 0 Å². The maximum Gasteiger partial charge on any atom is 0.308 e. The third-order valence-electron chi connectivity index (χ3n) is 4.27. The maximum absolute atomic E-state index is 11.7. The molecule has 0 amide bonds. The van der Waals surface area contributed by atoms with E-state index >= 15 is 0 Å². The Labute approximate surface area is 123 Å². The van der Waals surface area contributed by atoms with E-state index in [2.05, 4.69) is 25.7 Å². The Hall–Kier alpha value is -0.610. The molecule has 0 spiro atoms. The molecule has 4 nitrogen and oxygen atoms in total. The molecule has 1 fully saturated rings. The second-order valence-electron chi connectivity index (χ2n) is 6.31. The fourth-order valence-corrected chi connectivity index (χ4v) is 2.99. The van der Waals surface area contributed by atoms with Crippen LogP contribution in [0.2, 0.25) is 0 Å². The van der Waals surface area contributed by atoms with Gasteiger partial charge < -0.3 is 9.84 Å². The predicted molar refractivity (Wildman–Crippen MR) is 80.5 cm³/mol. The zero-order valence-corrected chi connectivity index (χ0v) is 13.5. The number of nitrogens with zero attached hydrogens (tertiary/aromatic N) is 1. The molecule has 0 aromatic heterocycles. The highest BCUT2D eigenvalue weighted by Gasteiger charge is 2.37. The molecule has 0 saturated heterocycles. The zero-order valence-electron chi connectivity index (χ0n) is 13.5. The third kappa shape index (κ3) is 5.06. The molecule has 1 N–H and O–H groups in total. The first-order chi connectivity index (χ1) is 9.41. The molecule has 0 bridgehead atoms. The first kappa shape index (κ1) is 17.4. The van der Waals surface area contributed by atoms with Crippen molar-refractivity contribution in [2.24, 2.45) is 5.92 Å². The van der Waals surface area contributed by atoms with Crippen molar-refractivity contribution >= 4 is 5.97 Å². The van der Waals surface area contributed by atoms with Gasteiger partial charge in [0.1, 0.15) is 0 Å². The van der Waals surface area contributed by atoms with Crippen LogP contribution in [0.15, 0.2) is 0 Å². The topological polar surface area (TPSA) is 49.8 Å². The molecule has 1 saturated carbocycles. The lowest BCUT2D eigenvalue weighted by Crippen LogP contribution is -2.48. The van der Waals surface area contributed by atoms with E-state index < -0.39 is 5.60 Å². The Balaban J connectivity index is 2.50. The normalized spacial score (nSPS) is 27.1. The standard InChI is InChI=1S/C16H31NO3/c1-5-11-17(13(3)4)12-16(19)9-7-14(8-10-16)15(18)20-6-2/h13-14,19H,5-12H2,1-4H3. The van der Waals surface area contributed by atoms with Crippen molar-refractivity contribution in [3.8, 4) is 0 Å². The van der Waals surface area contributed by atoms with Crippen molar-refractivity contribution in [2.45, 2.75) is 71.4 Å². The van der Waals surface area contributed by atoms with E-state index in [1.54, 1.807) is 0 Å². The van der Waals surface area contributed by atoms with E-state index in [4.69, 9.17) is 4.74 Å². The first-order valence-corrected chi connectivity index (χ1v) is 8.05. The molecule has 1 aliphatic rings. The minimum absolute atomic E-state index is 0.0195. The van der Waals surface area contributed by atoms with Gasteiger partial charge in [-0.15, -0.1) is 0 Å². The molecule has 20 heavy (non-hydrogen) atoms. The number of ether oxygens (including phenoxy) is 1. The van der Waals surface area contributed by atoms with Crippen LogP contribution in [0.4, 0.5) is 0 Å². The molecule has 0 atom stereocenters. The number of carbonyl (C=O) groups is 1. The lowest BCUT2D eigenvalue weighted by atomic mass is 9.78. The van der Waals surface area contributed by atoms with E-state index in [0.717, 1.165) is 25.8 Å². The molecule has 1 aliphatic carbocycles. The van der Waals surface area contributed by atoms with Gasteiger partial charge in [-0.2, -0.15) is 0 Å². The van der Waals surface area contributed by atoms with E-state index in [1.165, 1.54) is 0 Å². The number of rotatable bonds is 7. The van der Waals surface area contributed by atoms with Crippen molar-refractivity contribution in [3.63, 3.8) is 0 Å². The summed E-state index contributed by atoms with van der Waals surface area (Å²) in [5, 5.41) is 10.8. The number of aliphatic hydroxyl groups is 1. The Morgan fingerprint density at radius 1 is 1.35 bits per heavy atom. The van der Waals surface area contributed by atoms with E-state index in [1.807, 2.05) is 6.92 Å². The summed E-state index contributed by atoms with van der Waals surface area (Å²) in [6.07, 6.45) is 3.98. The average Bonchev–Trinajstić information content (AvgIpc) is 2.39. The Kier molecular flexibility index (Phi) is 6.96. The molecule has 1 rings (SSSR count). The predicted octanol–water partition coefficient (Wildman–Crippen LogP) is 2.59. The molecular formula is C16H31NO3. The number of hydrogen-bond acceptors (Lipinski definition) is 4. The Morgan fingerprint density at radius 2 is 1.95 bits per heavy atom. The number of carbonyl (C=O) groups excluding carboxylic acids is 1. The molecule has 0 unspecified atom stereocenters. The van der Waals surface area contributed by atoms with Crippen molar-refractivity contribution in [1.82, 2.24) is 4.90 Å². The summed E-state index contributed by atoms with van der Waals surface area (Å²) in [6.45, 7) is 10.5. The lowest BCUT2D eigenvalue weighted by Gasteiger charge is -2.40. The van der Waals surface area contributed by atoms with Crippen LogP contribution in [0.25, 0.3) is 0 Å². The van der Waals surface area contributed by atoms with Gasteiger partial charge >= 0.3 is 5.97 Å². The molecule has 0 aliphatic heterocycles. The molecule has 0 aromatic rings. The average molecular weight is 285 g/mol. The zero-order chi connectivity index (χ0) is 15.2. The first-order valence-electron chi connectivity index (χ1n) is 8.05. The Morgan fingerprint density at radius 3 is 2.40 bits per heavy atom. The summed E-state index contributed by atoms with van der Waals surface area (Å²) in [5.41, 5.74) is -0.636. The second kappa shape index (κ2) is 7.99. The van der Waals surface area contributed by atoms with Crippen molar-refractivity contribution in [2.75, 3.05) is 19.7 Å². The SMILES string of the molecule is CCCN(CC1(O)CCC(C(=O)OCC)CC1)C(C)C. The minimum Gasteiger partial charge on any atom is -0.466 e. The summed E-state index contributed by atoms with van der Waals surface area (Å²) in [5.74, 6) is -0.113. The summed E-state index contributed by atoms with van der Waals surface area (Å²) >= 11 is 0.